The monoisotopic (exact) mass is 406 g/mol. The summed E-state index contributed by atoms with van der Waals surface area (Å²) in [5.74, 6) is 0.615. The molecule has 0 N–H and O–H groups in total. The third kappa shape index (κ3) is 4.84. The fourth-order valence-corrected chi connectivity index (χ4v) is 5.53. The Morgan fingerprint density at radius 2 is 1.63 bits per heavy atom. The predicted molar refractivity (Wildman–Crippen MR) is 112 cm³/mol. The van der Waals surface area contributed by atoms with E-state index in [0.29, 0.717) is 10.9 Å². The van der Waals surface area contributed by atoms with Crippen molar-refractivity contribution in [2.45, 2.75) is 37.6 Å². The van der Waals surface area contributed by atoms with E-state index in [4.69, 9.17) is 11.6 Å². The van der Waals surface area contributed by atoms with Crippen LogP contribution in [-0.4, -0.2) is 39.0 Å². The van der Waals surface area contributed by atoms with Crippen LogP contribution in [0.1, 0.15) is 26.7 Å². The quantitative estimate of drug-likeness (QED) is 0.700. The summed E-state index contributed by atoms with van der Waals surface area (Å²) in [4.78, 5) is 2.71. The van der Waals surface area contributed by atoms with E-state index in [-0.39, 0.29) is 10.9 Å². The Kier molecular flexibility index (Phi) is 6.45. The number of benzene rings is 2. The van der Waals surface area contributed by atoms with Crippen LogP contribution >= 0.6 is 11.6 Å². The third-order valence-corrected chi connectivity index (χ3v) is 7.04. The second kappa shape index (κ2) is 8.63. The minimum atomic E-state index is -3.65. The van der Waals surface area contributed by atoms with Gasteiger partial charge in [0, 0.05) is 30.7 Å². The molecule has 0 bridgehead atoms. The van der Waals surface area contributed by atoms with Crippen molar-refractivity contribution in [3.63, 3.8) is 0 Å². The zero-order valence-corrected chi connectivity index (χ0v) is 17.5. The van der Waals surface area contributed by atoms with Crippen molar-refractivity contribution in [1.82, 2.24) is 4.90 Å². The fraction of sp³-hybridized carbons (Fsp3) is 0.429. The minimum Gasteiger partial charge on any atom is -0.303 e. The second-order valence-corrected chi connectivity index (χ2v) is 9.77. The van der Waals surface area contributed by atoms with Gasteiger partial charge in [0.25, 0.3) is 10.0 Å². The molecule has 0 radical (unpaired) electrons. The molecule has 146 valence electrons. The van der Waals surface area contributed by atoms with Crippen LogP contribution in [0.4, 0.5) is 5.69 Å². The maximum Gasteiger partial charge on any atom is 0.264 e. The van der Waals surface area contributed by atoms with Crippen molar-refractivity contribution < 1.29 is 8.42 Å². The number of halogens is 1. The molecule has 0 unspecified atom stereocenters. The van der Waals surface area contributed by atoms with Crippen molar-refractivity contribution in [3.8, 4) is 0 Å². The summed E-state index contributed by atoms with van der Waals surface area (Å²) in [5.41, 5.74) is 0.717. The Morgan fingerprint density at radius 1 is 1.04 bits per heavy atom. The van der Waals surface area contributed by atoms with Crippen LogP contribution in [0.3, 0.4) is 0 Å². The van der Waals surface area contributed by atoms with E-state index >= 15 is 0 Å². The van der Waals surface area contributed by atoms with Gasteiger partial charge in [0.1, 0.15) is 0 Å². The van der Waals surface area contributed by atoms with Crippen LogP contribution in [-0.2, 0) is 10.0 Å². The molecule has 0 saturated carbocycles. The molecule has 1 heterocycles. The van der Waals surface area contributed by atoms with E-state index < -0.39 is 10.0 Å². The first-order valence-electron chi connectivity index (χ1n) is 9.45. The van der Waals surface area contributed by atoms with Crippen molar-refractivity contribution in [3.05, 3.63) is 59.6 Å². The van der Waals surface area contributed by atoms with E-state index in [0.717, 1.165) is 38.2 Å². The highest BCUT2D eigenvalue weighted by molar-refractivity contribution is 7.92. The number of anilines is 1. The van der Waals surface area contributed by atoms with Crippen molar-refractivity contribution in [1.29, 1.82) is 0 Å². The maximum atomic E-state index is 13.5. The molecule has 0 aliphatic carbocycles. The van der Waals surface area contributed by atoms with Gasteiger partial charge in [-0.25, -0.2) is 8.42 Å². The molecule has 27 heavy (non-hydrogen) atoms. The number of sulfonamides is 1. The lowest BCUT2D eigenvalue weighted by molar-refractivity contribution is 0.194. The number of nitrogens with zero attached hydrogens (tertiary/aromatic N) is 2. The highest BCUT2D eigenvalue weighted by Crippen LogP contribution is 2.31. The standard InChI is InChI=1S/C21H27ClN2O2S/c1-17(2)16-23-14-12-20(13-15-23)24(19-6-4-3-5-7-19)27(25,26)21-10-8-18(22)9-11-21/h3-11,17,20H,12-16H2,1-2H3. The van der Waals surface area contributed by atoms with Gasteiger partial charge in [0.2, 0.25) is 0 Å². The van der Waals surface area contributed by atoms with Crippen LogP contribution in [0, 0.1) is 5.92 Å². The summed E-state index contributed by atoms with van der Waals surface area (Å²) in [7, 11) is -3.65. The van der Waals surface area contributed by atoms with Gasteiger partial charge >= 0.3 is 0 Å². The Morgan fingerprint density at radius 3 is 2.19 bits per heavy atom. The molecule has 0 amide bonds. The first-order valence-corrected chi connectivity index (χ1v) is 11.3. The second-order valence-electron chi connectivity index (χ2n) is 7.52. The summed E-state index contributed by atoms with van der Waals surface area (Å²) in [6.45, 7) is 7.33. The summed E-state index contributed by atoms with van der Waals surface area (Å²) in [6.07, 6.45) is 1.66. The summed E-state index contributed by atoms with van der Waals surface area (Å²) >= 11 is 5.95. The van der Waals surface area contributed by atoms with Crippen molar-refractivity contribution >= 4 is 27.3 Å². The van der Waals surface area contributed by atoms with E-state index in [1.54, 1.807) is 28.6 Å². The molecule has 1 aliphatic rings. The third-order valence-electron chi connectivity index (χ3n) is 4.89. The van der Waals surface area contributed by atoms with Gasteiger partial charge in [-0.2, -0.15) is 0 Å². The topological polar surface area (TPSA) is 40.6 Å². The lowest BCUT2D eigenvalue weighted by atomic mass is 10.0. The van der Waals surface area contributed by atoms with Crippen molar-refractivity contribution in [2.24, 2.45) is 5.92 Å². The lowest BCUT2D eigenvalue weighted by Gasteiger charge is -2.39. The van der Waals surface area contributed by atoms with E-state index in [1.807, 2.05) is 30.3 Å². The molecular weight excluding hydrogens is 380 g/mol. The first kappa shape index (κ1) is 20.2. The average Bonchev–Trinajstić information content (AvgIpc) is 2.64. The number of likely N-dealkylation sites (tertiary alicyclic amines) is 1. The lowest BCUT2D eigenvalue weighted by Crippen LogP contribution is -2.48. The largest absolute Gasteiger partial charge is 0.303 e. The van der Waals surface area contributed by atoms with Crippen LogP contribution < -0.4 is 4.31 Å². The normalized spacial score (nSPS) is 16.6. The van der Waals surface area contributed by atoms with Crippen LogP contribution in [0.2, 0.25) is 5.02 Å². The predicted octanol–water partition coefficient (Wildman–Crippen LogP) is 4.66. The summed E-state index contributed by atoms with van der Waals surface area (Å²) in [5, 5.41) is 0.530. The van der Waals surface area contributed by atoms with Crippen molar-refractivity contribution in [2.75, 3.05) is 23.9 Å². The smallest absolute Gasteiger partial charge is 0.264 e. The van der Waals surface area contributed by atoms with E-state index in [2.05, 4.69) is 18.7 Å². The molecule has 3 rings (SSSR count). The zero-order valence-electron chi connectivity index (χ0n) is 15.9. The molecule has 1 fully saturated rings. The van der Waals surface area contributed by atoms with Crippen LogP contribution in [0.15, 0.2) is 59.5 Å². The number of piperidine rings is 1. The molecule has 1 aliphatic heterocycles. The van der Waals surface area contributed by atoms with Crippen LogP contribution in [0.25, 0.3) is 0 Å². The fourth-order valence-electron chi connectivity index (χ4n) is 3.69. The van der Waals surface area contributed by atoms with Crippen LogP contribution in [0.5, 0.6) is 0 Å². The SMILES string of the molecule is CC(C)CN1CCC(N(c2ccccc2)S(=O)(=O)c2ccc(Cl)cc2)CC1. The molecule has 1 saturated heterocycles. The average molecular weight is 407 g/mol. The molecule has 6 heteroatoms. The molecule has 0 spiro atoms. The van der Waals surface area contributed by atoms with Gasteiger partial charge < -0.3 is 4.90 Å². The number of rotatable bonds is 6. The molecular formula is C21H27ClN2O2S. The molecule has 2 aromatic carbocycles. The molecule has 0 atom stereocenters. The maximum absolute atomic E-state index is 13.5. The molecule has 4 nitrogen and oxygen atoms in total. The highest BCUT2D eigenvalue weighted by atomic mass is 35.5. The number of hydrogen-bond donors (Lipinski definition) is 0. The van der Waals surface area contributed by atoms with Gasteiger partial charge in [-0.1, -0.05) is 43.6 Å². The van der Waals surface area contributed by atoms with Gasteiger partial charge in [0.15, 0.2) is 0 Å². The molecule has 0 aromatic heterocycles. The number of hydrogen-bond acceptors (Lipinski definition) is 3. The van der Waals surface area contributed by atoms with E-state index in [9.17, 15) is 8.42 Å². The van der Waals surface area contributed by atoms with Gasteiger partial charge in [-0.05, 0) is 55.2 Å². The Hall–Kier alpha value is -1.56. The minimum absolute atomic E-state index is 0.0449. The first-order chi connectivity index (χ1) is 12.9. The Balaban J connectivity index is 1.90. The highest BCUT2D eigenvalue weighted by Gasteiger charge is 2.34. The summed E-state index contributed by atoms with van der Waals surface area (Å²) in [6, 6.07) is 15.8. The Bertz CT molecular complexity index is 830. The number of para-hydroxylation sites is 1. The summed E-state index contributed by atoms with van der Waals surface area (Å²) < 4.78 is 28.6. The van der Waals surface area contributed by atoms with Gasteiger partial charge in [0.05, 0.1) is 10.6 Å². The van der Waals surface area contributed by atoms with Gasteiger partial charge in [-0.3, -0.25) is 4.31 Å². The zero-order chi connectivity index (χ0) is 19.4. The molecule has 2 aromatic rings. The van der Waals surface area contributed by atoms with Gasteiger partial charge in [-0.15, -0.1) is 0 Å². The van der Waals surface area contributed by atoms with E-state index in [1.165, 1.54) is 0 Å². The Labute approximate surface area is 167 Å².